The number of hydrogen-bond donors (Lipinski definition) is 1. The van der Waals surface area contributed by atoms with Crippen molar-refractivity contribution in [2.45, 2.75) is 17.4 Å². The maximum Gasteiger partial charge on any atom is 0.233 e. The lowest BCUT2D eigenvalue weighted by Gasteiger charge is -2.15. The van der Waals surface area contributed by atoms with Gasteiger partial charge in [0.15, 0.2) is 0 Å². The molecule has 2 rings (SSSR count). The number of hydrogen-bond acceptors (Lipinski definition) is 3. The Kier molecular flexibility index (Phi) is 4.19. The molecule has 1 N–H and O–H groups in total. The average molecular weight is 273 g/mol. The van der Waals surface area contributed by atoms with Gasteiger partial charge in [0, 0.05) is 24.1 Å². The van der Waals surface area contributed by atoms with E-state index >= 15 is 0 Å². The summed E-state index contributed by atoms with van der Waals surface area (Å²) in [5.41, 5.74) is 0. The van der Waals surface area contributed by atoms with Crippen molar-refractivity contribution in [3.8, 4) is 0 Å². The smallest absolute Gasteiger partial charge is 0.233 e. The molecule has 6 heteroatoms. The SMILES string of the molecule is O=C(CSc1ccc(F)cc1F)N1CCC(O)C1. The lowest BCUT2D eigenvalue weighted by atomic mass is 10.3. The van der Waals surface area contributed by atoms with E-state index in [9.17, 15) is 18.7 Å². The molecular weight excluding hydrogens is 260 g/mol. The zero-order valence-electron chi connectivity index (χ0n) is 9.60. The molecule has 3 nitrogen and oxygen atoms in total. The molecule has 0 spiro atoms. The highest BCUT2D eigenvalue weighted by atomic mass is 32.2. The predicted molar refractivity (Wildman–Crippen MR) is 64.3 cm³/mol. The van der Waals surface area contributed by atoms with Gasteiger partial charge in [-0.2, -0.15) is 0 Å². The summed E-state index contributed by atoms with van der Waals surface area (Å²) >= 11 is 1.04. The first-order valence-corrected chi connectivity index (χ1v) is 6.58. The topological polar surface area (TPSA) is 40.5 Å². The fraction of sp³-hybridized carbons (Fsp3) is 0.417. The zero-order valence-corrected chi connectivity index (χ0v) is 10.4. The van der Waals surface area contributed by atoms with E-state index in [-0.39, 0.29) is 16.6 Å². The molecule has 0 bridgehead atoms. The van der Waals surface area contributed by atoms with Crippen LogP contribution >= 0.6 is 11.8 Å². The fourth-order valence-corrected chi connectivity index (χ4v) is 2.61. The molecule has 0 aliphatic carbocycles. The Morgan fingerprint density at radius 3 is 2.89 bits per heavy atom. The van der Waals surface area contributed by atoms with Crippen LogP contribution in [0, 0.1) is 11.6 Å². The van der Waals surface area contributed by atoms with Crippen LogP contribution in [-0.2, 0) is 4.79 Å². The summed E-state index contributed by atoms with van der Waals surface area (Å²) in [4.78, 5) is 13.5. The van der Waals surface area contributed by atoms with E-state index in [4.69, 9.17) is 0 Å². The number of likely N-dealkylation sites (tertiary alicyclic amines) is 1. The first kappa shape index (κ1) is 13.3. The van der Waals surface area contributed by atoms with Crippen molar-refractivity contribution in [1.29, 1.82) is 0 Å². The van der Waals surface area contributed by atoms with E-state index in [0.717, 1.165) is 23.9 Å². The lowest BCUT2D eigenvalue weighted by molar-refractivity contribution is -0.127. The second-order valence-corrected chi connectivity index (χ2v) is 5.16. The zero-order chi connectivity index (χ0) is 13.1. The summed E-state index contributed by atoms with van der Waals surface area (Å²) in [5, 5.41) is 9.31. The van der Waals surface area contributed by atoms with Crippen LogP contribution in [0.15, 0.2) is 23.1 Å². The van der Waals surface area contributed by atoms with E-state index in [1.165, 1.54) is 6.07 Å². The Morgan fingerprint density at radius 2 is 2.28 bits per heavy atom. The minimum Gasteiger partial charge on any atom is -0.391 e. The van der Waals surface area contributed by atoms with Crippen LogP contribution in [-0.4, -0.2) is 40.9 Å². The predicted octanol–water partition coefficient (Wildman–Crippen LogP) is 1.65. The van der Waals surface area contributed by atoms with E-state index in [0.29, 0.717) is 19.5 Å². The Bertz CT molecular complexity index is 456. The number of rotatable bonds is 3. The Labute approximate surface area is 108 Å². The molecular formula is C12H13F2NO2S. The van der Waals surface area contributed by atoms with Gasteiger partial charge in [-0.05, 0) is 18.6 Å². The van der Waals surface area contributed by atoms with Gasteiger partial charge in [0.25, 0.3) is 0 Å². The molecule has 0 aromatic heterocycles. The summed E-state index contributed by atoms with van der Waals surface area (Å²) in [6.07, 6.45) is 0.128. The van der Waals surface area contributed by atoms with Crippen molar-refractivity contribution >= 4 is 17.7 Å². The Morgan fingerprint density at radius 1 is 1.50 bits per heavy atom. The van der Waals surface area contributed by atoms with Crippen molar-refractivity contribution < 1.29 is 18.7 Å². The second-order valence-electron chi connectivity index (χ2n) is 4.15. The van der Waals surface area contributed by atoms with E-state index in [1.54, 1.807) is 4.90 Å². The summed E-state index contributed by atoms with van der Waals surface area (Å²) in [6, 6.07) is 3.28. The molecule has 1 amide bonds. The van der Waals surface area contributed by atoms with E-state index in [2.05, 4.69) is 0 Å². The van der Waals surface area contributed by atoms with Crippen molar-refractivity contribution in [2.75, 3.05) is 18.8 Å². The summed E-state index contributed by atoms with van der Waals surface area (Å²) in [5.74, 6) is -1.34. The minimum atomic E-state index is -0.658. The average Bonchev–Trinajstić information content (AvgIpc) is 2.74. The lowest BCUT2D eigenvalue weighted by Crippen LogP contribution is -2.30. The van der Waals surface area contributed by atoms with Gasteiger partial charge < -0.3 is 10.0 Å². The standard InChI is InChI=1S/C12H13F2NO2S/c13-8-1-2-11(10(14)5-8)18-7-12(17)15-4-3-9(16)6-15/h1-2,5,9,16H,3-4,6-7H2. The molecule has 1 aromatic rings. The van der Waals surface area contributed by atoms with Crippen molar-refractivity contribution in [3.63, 3.8) is 0 Å². The van der Waals surface area contributed by atoms with Crippen LogP contribution in [0.2, 0.25) is 0 Å². The molecule has 98 valence electrons. The first-order valence-electron chi connectivity index (χ1n) is 5.60. The first-order chi connectivity index (χ1) is 8.56. The normalized spacial score (nSPS) is 19.3. The molecule has 1 aliphatic heterocycles. The third-order valence-electron chi connectivity index (χ3n) is 2.76. The van der Waals surface area contributed by atoms with Crippen LogP contribution in [0.5, 0.6) is 0 Å². The highest BCUT2D eigenvalue weighted by Crippen LogP contribution is 2.23. The van der Waals surface area contributed by atoms with Gasteiger partial charge in [0.2, 0.25) is 5.91 Å². The number of thioether (sulfide) groups is 1. The van der Waals surface area contributed by atoms with Crippen LogP contribution in [0.3, 0.4) is 0 Å². The highest BCUT2D eigenvalue weighted by molar-refractivity contribution is 8.00. The maximum absolute atomic E-state index is 13.3. The van der Waals surface area contributed by atoms with Crippen LogP contribution in [0.1, 0.15) is 6.42 Å². The number of carbonyl (C=O) groups excluding carboxylic acids is 1. The van der Waals surface area contributed by atoms with E-state index in [1.807, 2.05) is 0 Å². The number of carbonyl (C=O) groups is 1. The second kappa shape index (κ2) is 5.67. The number of nitrogens with zero attached hydrogens (tertiary/aromatic N) is 1. The third kappa shape index (κ3) is 3.20. The number of amides is 1. The molecule has 1 unspecified atom stereocenters. The Hall–Kier alpha value is -1.14. The summed E-state index contributed by atoms with van der Waals surface area (Å²) in [7, 11) is 0. The van der Waals surface area contributed by atoms with Gasteiger partial charge in [-0.15, -0.1) is 11.8 Å². The van der Waals surface area contributed by atoms with Crippen LogP contribution in [0.25, 0.3) is 0 Å². The molecule has 1 atom stereocenters. The van der Waals surface area contributed by atoms with Crippen LogP contribution < -0.4 is 0 Å². The number of benzene rings is 1. The minimum absolute atomic E-state index is 0.0925. The van der Waals surface area contributed by atoms with Crippen molar-refractivity contribution in [1.82, 2.24) is 4.90 Å². The molecule has 1 heterocycles. The van der Waals surface area contributed by atoms with Gasteiger partial charge in [0.1, 0.15) is 11.6 Å². The van der Waals surface area contributed by atoms with Gasteiger partial charge in [0.05, 0.1) is 11.9 Å². The van der Waals surface area contributed by atoms with Gasteiger partial charge >= 0.3 is 0 Å². The fourth-order valence-electron chi connectivity index (χ4n) is 1.79. The quantitative estimate of drug-likeness (QED) is 0.851. The largest absolute Gasteiger partial charge is 0.391 e. The molecule has 1 saturated heterocycles. The van der Waals surface area contributed by atoms with Crippen LogP contribution in [0.4, 0.5) is 8.78 Å². The third-order valence-corrected chi connectivity index (χ3v) is 3.79. The Balaban J connectivity index is 1.89. The molecule has 0 radical (unpaired) electrons. The van der Waals surface area contributed by atoms with Crippen molar-refractivity contribution in [2.24, 2.45) is 0 Å². The number of aliphatic hydroxyl groups is 1. The molecule has 1 aromatic carbocycles. The maximum atomic E-state index is 13.3. The summed E-state index contributed by atoms with van der Waals surface area (Å²) < 4.78 is 26.0. The highest BCUT2D eigenvalue weighted by Gasteiger charge is 2.24. The number of β-amino-alcohol motifs (C(OH)–C–C–N with tert-alkyl or cyclic N) is 1. The number of aliphatic hydroxyl groups excluding tert-OH is 1. The van der Waals surface area contributed by atoms with Crippen molar-refractivity contribution in [3.05, 3.63) is 29.8 Å². The number of halogens is 2. The molecule has 18 heavy (non-hydrogen) atoms. The molecule has 1 fully saturated rings. The summed E-state index contributed by atoms with van der Waals surface area (Å²) in [6.45, 7) is 0.873. The molecule has 1 aliphatic rings. The van der Waals surface area contributed by atoms with Gasteiger partial charge in [-0.3, -0.25) is 4.79 Å². The van der Waals surface area contributed by atoms with E-state index < -0.39 is 17.7 Å². The van der Waals surface area contributed by atoms with Gasteiger partial charge in [-0.1, -0.05) is 0 Å². The van der Waals surface area contributed by atoms with Gasteiger partial charge in [-0.25, -0.2) is 8.78 Å². The monoisotopic (exact) mass is 273 g/mol. The molecule has 0 saturated carbocycles.